The molecule has 6 heteroatoms. The highest BCUT2D eigenvalue weighted by molar-refractivity contribution is 5.80. The van der Waals surface area contributed by atoms with Gasteiger partial charge in [-0.05, 0) is 50.6 Å². The molecular weight excluding hydrogens is 310 g/mol. The van der Waals surface area contributed by atoms with E-state index in [1.165, 1.54) is 25.3 Å². The summed E-state index contributed by atoms with van der Waals surface area (Å²) in [7, 11) is 1.71. The van der Waals surface area contributed by atoms with Crippen LogP contribution in [0.15, 0.2) is 23.2 Å². The lowest BCUT2D eigenvalue weighted by Crippen LogP contribution is -2.49. The van der Waals surface area contributed by atoms with E-state index in [9.17, 15) is 8.78 Å². The molecule has 1 saturated heterocycles. The summed E-state index contributed by atoms with van der Waals surface area (Å²) in [6.45, 7) is 7.14. The summed E-state index contributed by atoms with van der Waals surface area (Å²) < 4.78 is 26.4. The second-order valence-corrected chi connectivity index (χ2v) is 6.27. The first-order valence-corrected chi connectivity index (χ1v) is 8.71. The van der Waals surface area contributed by atoms with E-state index in [0.717, 1.165) is 25.7 Å². The van der Waals surface area contributed by atoms with Crippen LogP contribution in [0.25, 0.3) is 0 Å². The van der Waals surface area contributed by atoms with Crippen LogP contribution in [0.1, 0.15) is 44.7 Å². The molecule has 0 radical (unpaired) electrons. The molecular formula is C18H28F2N4. The van der Waals surface area contributed by atoms with Crippen molar-refractivity contribution in [3.63, 3.8) is 0 Å². The second-order valence-electron chi connectivity index (χ2n) is 6.27. The number of hydrogen-bond acceptors (Lipinski definition) is 2. The Morgan fingerprint density at radius 2 is 2.12 bits per heavy atom. The van der Waals surface area contributed by atoms with Crippen LogP contribution >= 0.6 is 0 Å². The van der Waals surface area contributed by atoms with Crippen molar-refractivity contribution in [1.82, 2.24) is 15.5 Å². The number of likely N-dealkylation sites (tertiary alicyclic amines) is 1. The summed E-state index contributed by atoms with van der Waals surface area (Å²) in [5.74, 6) is -0.982. The Balaban J connectivity index is 1.90. The van der Waals surface area contributed by atoms with E-state index < -0.39 is 11.6 Å². The van der Waals surface area contributed by atoms with Crippen molar-refractivity contribution in [2.24, 2.45) is 4.99 Å². The van der Waals surface area contributed by atoms with Crippen LogP contribution < -0.4 is 10.6 Å². The summed E-state index contributed by atoms with van der Waals surface area (Å²) in [6.07, 6.45) is 3.72. The topological polar surface area (TPSA) is 39.7 Å². The number of halogens is 2. The first-order valence-electron chi connectivity index (χ1n) is 8.71. The molecule has 0 bridgehead atoms. The van der Waals surface area contributed by atoms with E-state index >= 15 is 0 Å². The Morgan fingerprint density at radius 3 is 2.79 bits per heavy atom. The van der Waals surface area contributed by atoms with E-state index in [1.54, 1.807) is 13.1 Å². The fourth-order valence-electron chi connectivity index (χ4n) is 3.19. The third-order valence-corrected chi connectivity index (χ3v) is 4.68. The van der Waals surface area contributed by atoms with Crippen molar-refractivity contribution >= 4 is 5.96 Å². The number of benzene rings is 1. The first-order chi connectivity index (χ1) is 11.5. The number of nitrogens with one attached hydrogen (secondary N) is 2. The Morgan fingerprint density at radius 1 is 1.33 bits per heavy atom. The van der Waals surface area contributed by atoms with Gasteiger partial charge in [-0.15, -0.1) is 0 Å². The molecule has 2 unspecified atom stereocenters. The summed E-state index contributed by atoms with van der Waals surface area (Å²) >= 11 is 0. The highest BCUT2D eigenvalue weighted by Gasteiger charge is 2.21. The zero-order valence-corrected chi connectivity index (χ0v) is 14.8. The third kappa shape index (κ3) is 4.90. The van der Waals surface area contributed by atoms with E-state index in [1.807, 2.05) is 6.92 Å². The number of aliphatic imine (C=N–C) groups is 1. The number of nitrogens with zero attached hydrogens (tertiary/aromatic N) is 2. The minimum Gasteiger partial charge on any atom is -0.355 e. The van der Waals surface area contributed by atoms with Gasteiger partial charge in [0.2, 0.25) is 0 Å². The summed E-state index contributed by atoms with van der Waals surface area (Å²) in [5, 5.41) is 6.59. The molecule has 1 aliphatic heterocycles. The largest absolute Gasteiger partial charge is 0.355 e. The molecule has 2 rings (SSSR count). The van der Waals surface area contributed by atoms with E-state index in [-0.39, 0.29) is 6.04 Å². The predicted octanol–water partition coefficient (Wildman–Crippen LogP) is 3.07. The van der Waals surface area contributed by atoms with Gasteiger partial charge in [0.25, 0.3) is 0 Å². The summed E-state index contributed by atoms with van der Waals surface area (Å²) in [6, 6.07) is 4.31. The van der Waals surface area contributed by atoms with Crippen LogP contribution in [0.2, 0.25) is 0 Å². The SMILES string of the molecule is CCN1CCCCC1CNC(=NC)NC(C)c1ccc(F)c(F)c1. The molecule has 0 saturated carbocycles. The van der Waals surface area contributed by atoms with Gasteiger partial charge in [0.15, 0.2) is 17.6 Å². The quantitative estimate of drug-likeness (QED) is 0.640. The molecule has 2 atom stereocenters. The maximum Gasteiger partial charge on any atom is 0.191 e. The van der Waals surface area contributed by atoms with E-state index in [2.05, 4.69) is 27.4 Å². The van der Waals surface area contributed by atoms with Crippen molar-refractivity contribution in [2.45, 2.75) is 45.2 Å². The maximum atomic E-state index is 13.4. The van der Waals surface area contributed by atoms with Gasteiger partial charge in [0.1, 0.15) is 0 Å². The fraction of sp³-hybridized carbons (Fsp3) is 0.611. The monoisotopic (exact) mass is 338 g/mol. The molecule has 134 valence electrons. The lowest BCUT2D eigenvalue weighted by atomic mass is 10.0. The third-order valence-electron chi connectivity index (χ3n) is 4.68. The van der Waals surface area contributed by atoms with Crippen LogP contribution in [0.4, 0.5) is 8.78 Å². The molecule has 0 aromatic heterocycles. The van der Waals surface area contributed by atoms with Crippen molar-refractivity contribution in [3.05, 3.63) is 35.4 Å². The Bertz CT molecular complexity index is 562. The van der Waals surface area contributed by atoms with Crippen molar-refractivity contribution in [3.8, 4) is 0 Å². The van der Waals surface area contributed by atoms with Gasteiger partial charge in [-0.3, -0.25) is 9.89 Å². The van der Waals surface area contributed by atoms with Crippen LogP contribution in [-0.2, 0) is 0 Å². The van der Waals surface area contributed by atoms with Gasteiger partial charge in [0.05, 0.1) is 6.04 Å². The minimum absolute atomic E-state index is 0.167. The fourth-order valence-corrected chi connectivity index (χ4v) is 3.19. The number of piperidine rings is 1. The molecule has 0 amide bonds. The molecule has 1 heterocycles. The number of likely N-dealkylation sites (N-methyl/N-ethyl adjacent to an activating group) is 1. The average Bonchev–Trinajstić information content (AvgIpc) is 2.60. The van der Waals surface area contributed by atoms with Crippen LogP contribution in [-0.4, -0.2) is 43.6 Å². The van der Waals surface area contributed by atoms with Gasteiger partial charge in [0, 0.05) is 19.6 Å². The lowest BCUT2D eigenvalue weighted by molar-refractivity contribution is 0.157. The van der Waals surface area contributed by atoms with Gasteiger partial charge in [-0.25, -0.2) is 8.78 Å². The van der Waals surface area contributed by atoms with E-state index in [4.69, 9.17) is 0 Å². The van der Waals surface area contributed by atoms with Gasteiger partial charge in [-0.1, -0.05) is 19.4 Å². The predicted molar refractivity (Wildman–Crippen MR) is 94.2 cm³/mol. The van der Waals surface area contributed by atoms with Crippen LogP contribution in [0.5, 0.6) is 0 Å². The zero-order valence-electron chi connectivity index (χ0n) is 14.8. The van der Waals surface area contributed by atoms with Crippen molar-refractivity contribution in [1.29, 1.82) is 0 Å². The maximum absolute atomic E-state index is 13.4. The highest BCUT2D eigenvalue weighted by atomic mass is 19.2. The van der Waals surface area contributed by atoms with Crippen molar-refractivity contribution in [2.75, 3.05) is 26.7 Å². The highest BCUT2D eigenvalue weighted by Crippen LogP contribution is 2.17. The molecule has 1 aromatic rings. The average molecular weight is 338 g/mol. The van der Waals surface area contributed by atoms with Crippen LogP contribution in [0.3, 0.4) is 0 Å². The van der Waals surface area contributed by atoms with Gasteiger partial charge in [-0.2, -0.15) is 0 Å². The molecule has 1 aliphatic rings. The normalized spacial score (nSPS) is 20.7. The Labute approximate surface area is 143 Å². The molecule has 1 fully saturated rings. The second kappa shape index (κ2) is 8.97. The molecule has 0 aliphatic carbocycles. The smallest absolute Gasteiger partial charge is 0.191 e. The minimum atomic E-state index is -0.829. The number of rotatable bonds is 5. The zero-order chi connectivity index (χ0) is 17.5. The molecule has 2 N–H and O–H groups in total. The summed E-state index contributed by atoms with van der Waals surface area (Å²) in [4.78, 5) is 6.73. The number of guanidine groups is 1. The van der Waals surface area contributed by atoms with Crippen LogP contribution in [0, 0.1) is 11.6 Å². The van der Waals surface area contributed by atoms with Gasteiger partial charge < -0.3 is 10.6 Å². The lowest BCUT2D eigenvalue weighted by Gasteiger charge is -2.35. The van der Waals surface area contributed by atoms with E-state index in [0.29, 0.717) is 17.6 Å². The number of hydrogen-bond donors (Lipinski definition) is 2. The Hall–Kier alpha value is -1.69. The molecule has 0 spiro atoms. The summed E-state index contributed by atoms with van der Waals surface area (Å²) in [5.41, 5.74) is 0.685. The van der Waals surface area contributed by atoms with Crippen molar-refractivity contribution < 1.29 is 8.78 Å². The molecule has 1 aromatic carbocycles. The molecule has 4 nitrogen and oxygen atoms in total. The van der Waals surface area contributed by atoms with Gasteiger partial charge >= 0.3 is 0 Å². The standard InChI is InChI=1S/C18H28F2N4/c1-4-24-10-6-5-7-15(24)12-22-18(21-3)23-13(2)14-8-9-16(19)17(20)11-14/h8-9,11,13,15H,4-7,10,12H2,1-3H3,(H2,21,22,23). The first kappa shape index (κ1) is 18.6. The molecule has 24 heavy (non-hydrogen) atoms. The Kier molecular flexibility index (Phi) is 6.97.